The van der Waals surface area contributed by atoms with Crippen molar-refractivity contribution in [1.29, 1.82) is 0 Å². The second kappa shape index (κ2) is 19.6. The first kappa shape index (κ1) is 42.3. The topological polar surface area (TPSA) is 24.9 Å². The van der Waals surface area contributed by atoms with E-state index in [-0.39, 0.29) is 18.9 Å². The summed E-state index contributed by atoms with van der Waals surface area (Å²) in [7, 11) is 2.38. The van der Waals surface area contributed by atoms with Crippen LogP contribution >= 0.6 is 0 Å². The van der Waals surface area contributed by atoms with Crippen LogP contribution < -0.4 is 28.5 Å². The predicted molar refractivity (Wildman–Crippen MR) is 214 cm³/mol. The molecule has 0 N–H and O–H groups in total. The van der Waals surface area contributed by atoms with Crippen LogP contribution in [0.4, 0.5) is 22.7 Å². The first-order valence-electron chi connectivity index (χ1n) is 19.4. The zero-order chi connectivity index (χ0) is 35.8. The van der Waals surface area contributed by atoms with E-state index in [2.05, 4.69) is 149 Å². The van der Waals surface area contributed by atoms with Crippen molar-refractivity contribution >= 4 is 30.3 Å². The van der Waals surface area contributed by atoms with Gasteiger partial charge >= 0.3 is 18.9 Å². The minimum atomic E-state index is 0. The smallest absolute Gasteiger partial charge is 0.557 e. The molecule has 0 amide bonds. The third-order valence-electron chi connectivity index (χ3n) is 9.97. The molecule has 3 heterocycles. The number of rotatable bonds is 8. The molecular weight excluding hydrogens is 606 g/mol. The van der Waals surface area contributed by atoms with Gasteiger partial charge in [0.15, 0.2) is 0 Å². The van der Waals surface area contributed by atoms with Gasteiger partial charge in [-0.2, -0.15) is 0 Å². The van der Waals surface area contributed by atoms with E-state index in [4.69, 9.17) is 9.47 Å². The number of fused-ring (bicyclic) bond motifs is 1. The summed E-state index contributed by atoms with van der Waals surface area (Å²) in [6, 6.07) is 18.8. The van der Waals surface area contributed by atoms with Gasteiger partial charge in [-0.3, -0.25) is 0 Å². The summed E-state index contributed by atoms with van der Waals surface area (Å²) in [5.74, 6) is 2.70. The standard InChI is InChI=1S/C36H50BN2.2C4H8O.Li/c1-21(2)27-17-29(23(5)6)35(30(18-27)24(7)8)38-33-15-13-14-16-34(33)39(37-38)36-31(25(9)10)19-28(22(3)4)20-32(36)26(11)12;2*1-2-4-5-3-1;/h13-26H,1-12H3;2*1-4H2;/q-1;;;+1. The molecular formula is C44H66BLiN2O2. The third-order valence-corrected chi connectivity index (χ3v) is 9.97. The van der Waals surface area contributed by atoms with Crippen molar-refractivity contribution in [2.75, 3.05) is 36.0 Å². The Hall–Kier alpha value is -2.16. The number of anilines is 4. The van der Waals surface area contributed by atoms with Gasteiger partial charge in [0.1, 0.15) is 0 Å². The number of ether oxygens (including phenoxy) is 2. The van der Waals surface area contributed by atoms with Crippen molar-refractivity contribution in [2.45, 2.75) is 144 Å². The van der Waals surface area contributed by atoms with Crippen molar-refractivity contribution in [1.82, 2.24) is 0 Å². The van der Waals surface area contributed by atoms with Crippen LogP contribution in [0.5, 0.6) is 0 Å². The quantitative estimate of drug-likeness (QED) is 0.223. The Labute approximate surface area is 319 Å². The molecule has 2 radical (unpaired) electrons. The zero-order valence-corrected chi connectivity index (χ0v) is 34.0. The fourth-order valence-electron chi connectivity index (χ4n) is 6.88. The van der Waals surface area contributed by atoms with Crippen LogP contribution in [-0.4, -0.2) is 34.0 Å². The molecule has 6 heteroatoms. The summed E-state index contributed by atoms with van der Waals surface area (Å²) in [4.78, 5) is 4.99. The molecule has 6 rings (SSSR count). The number of hydrogen-bond acceptors (Lipinski definition) is 4. The van der Waals surface area contributed by atoms with Crippen molar-refractivity contribution in [3.63, 3.8) is 0 Å². The van der Waals surface area contributed by atoms with Gasteiger partial charge in [-0.15, -0.1) is 0 Å². The molecule has 3 aromatic rings. The third kappa shape index (κ3) is 10.2. The summed E-state index contributed by atoms with van der Waals surface area (Å²) in [5.41, 5.74) is 13.8. The van der Waals surface area contributed by atoms with Gasteiger partial charge in [-0.05, 0) is 107 Å². The molecule has 0 bridgehead atoms. The maximum Gasteiger partial charge on any atom is 1.00 e. The van der Waals surface area contributed by atoms with Gasteiger partial charge < -0.3 is 19.1 Å². The molecule has 3 aliphatic rings. The maximum atomic E-state index is 4.94. The summed E-state index contributed by atoms with van der Waals surface area (Å²) >= 11 is 0. The Balaban J connectivity index is 0.000000525. The van der Waals surface area contributed by atoms with E-state index in [0.29, 0.717) is 35.5 Å². The Kier molecular flexibility index (Phi) is 16.6. The van der Waals surface area contributed by atoms with Crippen LogP contribution in [0.25, 0.3) is 0 Å². The molecule has 0 aliphatic carbocycles. The summed E-state index contributed by atoms with van der Waals surface area (Å²) in [5, 5.41) is 0. The minimum Gasteiger partial charge on any atom is -0.557 e. The number of benzene rings is 3. The molecule has 0 saturated carbocycles. The van der Waals surface area contributed by atoms with Crippen molar-refractivity contribution in [2.24, 2.45) is 0 Å². The van der Waals surface area contributed by atoms with Gasteiger partial charge in [0.05, 0.1) is 0 Å². The van der Waals surface area contributed by atoms with Crippen molar-refractivity contribution in [3.05, 3.63) is 81.9 Å². The largest absolute Gasteiger partial charge is 1.00 e. The molecule has 4 nitrogen and oxygen atoms in total. The van der Waals surface area contributed by atoms with Crippen LogP contribution in [0.15, 0.2) is 48.5 Å². The van der Waals surface area contributed by atoms with Crippen LogP contribution in [-0.2, 0) is 9.47 Å². The summed E-state index contributed by atoms with van der Waals surface area (Å²) < 4.78 is 9.89. The van der Waals surface area contributed by atoms with E-state index in [1.54, 1.807) is 0 Å². The SMILES string of the molecule is C1CCOC1.C1CCOC1.CC(C)c1cc(C(C)C)c(N2[B-]N(c3c(C(C)C)cc(C(C)C)cc3C(C)C)c3ccccc32)c(C(C)C)c1.[Li+]. The molecule has 2 fully saturated rings. The van der Waals surface area contributed by atoms with E-state index in [9.17, 15) is 0 Å². The molecule has 3 aromatic carbocycles. The molecule has 50 heavy (non-hydrogen) atoms. The van der Waals surface area contributed by atoms with E-state index in [1.807, 2.05) is 0 Å². The minimum absolute atomic E-state index is 0. The second-order valence-electron chi connectivity index (χ2n) is 16.0. The number of para-hydroxylation sites is 2. The Morgan fingerprint density at radius 1 is 0.460 bits per heavy atom. The van der Waals surface area contributed by atoms with Crippen LogP contribution in [0, 0.1) is 0 Å². The van der Waals surface area contributed by atoms with E-state index in [1.165, 1.54) is 81.8 Å². The predicted octanol–water partition coefficient (Wildman–Crippen LogP) is 9.85. The fraction of sp³-hybridized carbons (Fsp3) is 0.591. The van der Waals surface area contributed by atoms with Crippen LogP contribution in [0.2, 0.25) is 0 Å². The average molecular weight is 673 g/mol. The van der Waals surface area contributed by atoms with Gasteiger partial charge in [0.2, 0.25) is 0 Å². The molecule has 2 saturated heterocycles. The summed E-state index contributed by atoms with van der Waals surface area (Å²) in [6.07, 6.45) is 5.11. The molecule has 0 aromatic heterocycles. The maximum absolute atomic E-state index is 4.94. The zero-order valence-electron chi connectivity index (χ0n) is 34.0. The Bertz CT molecular complexity index is 1310. The monoisotopic (exact) mass is 673 g/mol. The molecule has 0 atom stereocenters. The van der Waals surface area contributed by atoms with Gasteiger partial charge in [-0.25, -0.2) is 0 Å². The molecule has 0 spiro atoms. The average Bonchev–Trinajstić information content (AvgIpc) is 3.88. The first-order chi connectivity index (χ1) is 23.3. The Morgan fingerprint density at radius 3 is 0.940 bits per heavy atom. The van der Waals surface area contributed by atoms with Gasteiger partial charge in [-0.1, -0.05) is 127 Å². The van der Waals surface area contributed by atoms with Crippen LogP contribution in [0.1, 0.15) is 178 Å². The summed E-state index contributed by atoms with van der Waals surface area (Å²) in [6.45, 7) is 31.9. The Morgan fingerprint density at radius 2 is 0.740 bits per heavy atom. The van der Waals surface area contributed by atoms with E-state index >= 15 is 0 Å². The fourth-order valence-corrected chi connectivity index (χ4v) is 6.88. The number of nitrogens with zero attached hydrogens (tertiary/aromatic N) is 2. The van der Waals surface area contributed by atoms with Gasteiger partial charge in [0, 0.05) is 49.2 Å². The second-order valence-corrected chi connectivity index (χ2v) is 16.0. The molecule has 3 aliphatic heterocycles. The molecule has 0 unspecified atom stereocenters. The van der Waals surface area contributed by atoms with Crippen molar-refractivity contribution in [3.8, 4) is 0 Å². The molecule has 268 valence electrons. The number of hydrogen-bond donors (Lipinski definition) is 0. The normalized spacial score (nSPS) is 15.6. The van der Waals surface area contributed by atoms with E-state index < -0.39 is 0 Å². The first-order valence-corrected chi connectivity index (χ1v) is 19.4. The van der Waals surface area contributed by atoms with E-state index in [0.717, 1.165) is 26.4 Å². The van der Waals surface area contributed by atoms with Crippen molar-refractivity contribution < 1.29 is 28.3 Å². The van der Waals surface area contributed by atoms with Crippen LogP contribution in [0.3, 0.4) is 0 Å². The van der Waals surface area contributed by atoms with Gasteiger partial charge in [0.25, 0.3) is 0 Å².